The first kappa shape index (κ1) is 22.0. The first-order valence-corrected chi connectivity index (χ1v) is 10.0. The highest BCUT2D eigenvalue weighted by Gasteiger charge is 2.19. The summed E-state index contributed by atoms with van der Waals surface area (Å²) in [5, 5.41) is 9.63. The zero-order valence-electron chi connectivity index (χ0n) is 16.6. The largest absolute Gasteiger partial charge is 0.357 e. The Morgan fingerprint density at radius 2 is 1.81 bits per heavy atom. The van der Waals surface area contributed by atoms with Crippen LogP contribution in [-0.4, -0.2) is 43.1 Å². The molecular formula is C22H33IN4. The van der Waals surface area contributed by atoms with Gasteiger partial charge in [-0.05, 0) is 49.1 Å². The topological polar surface area (TPSA) is 39.7 Å². The van der Waals surface area contributed by atoms with Crippen LogP contribution < -0.4 is 10.6 Å². The average Bonchev–Trinajstić information content (AvgIpc) is 2.68. The van der Waals surface area contributed by atoms with Crippen molar-refractivity contribution in [3.8, 4) is 0 Å². The number of fused-ring (bicyclic) bond motifs is 1. The summed E-state index contributed by atoms with van der Waals surface area (Å²) in [6.45, 7) is 9.57. The van der Waals surface area contributed by atoms with Crippen LogP contribution in [-0.2, 0) is 6.54 Å². The van der Waals surface area contributed by atoms with Gasteiger partial charge in [0, 0.05) is 25.7 Å². The molecule has 1 heterocycles. The minimum atomic E-state index is 0. The van der Waals surface area contributed by atoms with Crippen molar-refractivity contribution in [2.24, 2.45) is 4.99 Å². The number of rotatable bonds is 6. The number of nitrogens with zero attached hydrogens (tertiary/aromatic N) is 2. The molecular weight excluding hydrogens is 447 g/mol. The minimum Gasteiger partial charge on any atom is -0.357 e. The first-order chi connectivity index (χ1) is 12.8. The lowest BCUT2D eigenvalue weighted by atomic mass is 10.0. The SMILES string of the molecule is CCCN1CCC(NC(=NCc2cccc3ccccc23)NCC)CC1.I. The van der Waals surface area contributed by atoms with E-state index in [2.05, 4.69) is 71.8 Å². The van der Waals surface area contributed by atoms with Gasteiger partial charge in [-0.25, -0.2) is 4.99 Å². The lowest BCUT2D eigenvalue weighted by Crippen LogP contribution is -2.48. The van der Waals surface area contributed by atoms with Crippen molar-refractivity contribution in [1.29, 1.82) is 0 Å². The Bertz CT molecular complexity index is 718. The quantitative estimate of drug-likeness (QED) is 0.366. The summed E-state index contributed by atoms with van der Waals surface area (Å²) in [6, 6.07) is 15.5. The van der Waals surface area contributed by atoms with Gasteiger partial charge < -0.3 is 15.5 Å². The Kier molecular flexibility index (Phi) is 9.34. The molecule has 0 aromatic heterocycles. The maximum Gasteiger partial charge on any atom is 0.191 e. The second-order valence-corrected chi connectivity index (χ2v) is 7.09. The van der Waals surface area contributed by atoms with Gasteiger partial charge in [-0.3, -0.25) is 0 Å². The number of benzene rings is 2. The molecule has 0 radical (unpaired) electrons. The van der Waals surface area contributed by atoms with Crippen molar-refractivity contribution in [3.05, 3.63) is 48.0 Å². The third-order valence-electron chi connectivity index (χ3n) is 5.10. The van der Waals surface area contributed by atoms with Crippen molar-refractivity contribution in [2.75, 3.05) is 26.2 Å². The number of aliphatic imine (C=N–C) groups is 1. The van der Waals surface area contributed by atoms with Crippen LogP contribution in [0.4, 0.5) is 0 Å². The van der Waals surface area contributed by atoms with Crippen LogP contribution in [0.5, 0.6) is 0 Å². The molecule has 148 valence electrons. The molecule has 1 saturated heterocycles. The maximum absolute atomic E-state index is 4.86. The van der Waals surface area contributed by atoms with Crippen molar-refractivity contribution in [3.63, 3.8) is 0 Å². The highest BCUT2D eigenvalue weighted by atomic mass is 127. The molecule has 1 fully saturated rings. The number of nitrogens with one attached hydrogen (secondary N) is 2. The standard InChI is InChI=1S/C22H32N4.HI/c1-3-14-26-15-12-20(13-16-26)25-22(23-4-2)24-17-19-10-7-9-18-8-5-6-11-21(18)19;/h5-11,20H,3-4,12-17H2,1-2H3,(H2,23,24,25);1H. The zero-order chi connectivity index (χ0) is 18.2. The van der Waals surface area contributed by atoms with E-state index in [0.29, 0.717) is 12.6 Å². The van der Waals surface area contributed by atoms with Gasteiger partial charge in [0.05, 0.1) is 6.54 Å². The fourth-order valence-corrected chi connectivity index (χ4v) is 3.73. The lowest BCUT2D eigenvalue weighted by molar-refractivity contribution is 0.206. The second-order valence-electron chi connectivity index (χ2n) is 7.09. The number of likely N-dealkylation sites (tertiary alicyclic amines) is 1. The molecule has 2 aromatic carbocycles. The van der Waals surface area contributed by atoms with E-state index in [1.54, 1.807) is 0 Å². The predicted molar refractivity (Wildman–Crippen MR) is 127 cm³/mol. The highest BCUT2D eigenvalue weighted by Crippen LogP contribution is 2.19. The predicted octanol–water partition coefficient (Wildman–Crippen LogP) is 4.39. The molecule has 4 nitrogen and oxygen atoms in total. The monoisotopic (exact) mass is 480 g/mol. The van der Waals surface area contributed by atoms with Crippen molar-refractivity contribution < 1.29 is 0 Å². The van der Waals surface area contributed by atoms with Gasteiger partial charge in [-0.1, -0.05) is 49.4 Å². The third-order valence-corrected chi connectivity index (χ3v) is 5.10. The molecule has 2 aromatic rings. The lowest BCUT2D eigenvalue weighted by Gasteiger charge is -2.32. The maximum atomic E-state index is 4.86. The molecule has 5 heteroatoms. The van der Waals surface area contributed by atoms with Gasteiger partial charge in [0.25, 0.3) is 0 Å². The molecule has 0 aliphatic carbocycles. The second kappa shape index (κ2) is 11.5. The van der Waals surface area contributed by atoms with E-state index in [9.17, 15) is 0 Å². The summed E-state index contributed by atoms with van der Waals surface area (Å²) < 4.78 is 0. The Morgan fingerprint density at radius 3 is 2.56 bits per heavy atom. The van der Waals surface area contributed by atoms with Crippen molar-refractivity contribution >= 4 is 40.7 Å². The summed E-state index contributed by atoms with van der Waals surface area (Å²) in [5.74, 6) is 0.939. The molecule has 1 aliphatic rings. The Hall–Kier alpha value is -1.34. The Morgan fingerprint density at radius 1 is 1.07 bits per heavy atom. The minimum absolute atomic E-state index is 0. The summed E-state index contributed by atoms with van der Waals surface area (Å²) >= 11 is 0. The van der Waals surface area contributed by atoms with E-state index in [-0.39, 0.29) is 24.0 Å². The molecule has 0 amide bonds. The van der Waals surface area contributed by atoms with Crippen LogP contribution in [0.25, 0.3) is 10.8 Å². The van der Waals surface area contributed by atoms with Gasteiger partial charge in [-0.2, -0.15) is 0 Å². The fraction of sp³-hybridized carbons (Fsp3) is 0.500. The van der Waals surface area contributed by atoms with E-state index in [1.807, 2.05) is 0 Å². The smallest absolute Gasteiger partial charge is 0.191 e. The van der Waals surface area contributed by atoms with Crippen LogP contribution in [0.3, 0.4) is 0 Å². The Balaban J connectivity index is 0.00000261. The molecule has 3 rings (SSSR count). The number of hydrogen-bond donors (Lipinski definition) is 2. The molecule has 0 unspecified atom stereocenters. The van der Waals surface area contributed by atoms with Gasteiger partial charge in [-0.15, -0.1) is 24.0 Å². The van der Waals surface area contributed by atoms with Crippen LogP contribution in [0.1, 0.15) is 38.7 Å². The number of hydrogen-bond acceptors (Lipinski definition) is 2. The van der Waals surface area contributed by atoms with Gasteiger partial charge in [0.1, 0.15) is 0 Å². The summed E-state index contributed by atoms with van der Waals surface area (Å²) in [7, 11) is 0. The van der Waals surface area contributed by atoms with Crippen LogP contribution in [0.15, 0.2) is 47.5 Å². The molecule has 0 bridgehead atoms. The molecule has 2 N–H and O–H groups in total. The van der Waals surface area contributed by atoms with Crippen LogP contribution in [0, 0.1) is 0 Å². The summed E-state index contributed by atoms with van der Waals surface area (Å²) in [4.78, 5) is 7.43. The number of halogens is 1. The third kappa shape index (κ3) is 6.35. The molecule has 0 saturated carbocycles. The average molecular weight is 480 g/mol. The zero-order valence-corrected chi connectivity index (χ0v) is 18.9. The van der Waals surface area contributed by atoms with Gasteiger partial charge >= 0.3 is 0 Å². The number of piperidine rings is 1. The van der Waals surface area contributed by atoms with Crippen molar-refractivity contribution in [2.45, 2.75) is 45.7 Å². The van der Waals surface area contributed by atoms with Crippen LogP contribution in [0.2, 0.25) is 0 Å². The summed E-state index contributed by atoms with van der Waals surface area (Å²) in [5.41, 5.74) is 1.28. The van der Waals surface area contributed by atoms with E-state index < -0.39 is 0 Å². The normalized spacial score (nSPS) is 16.1. The van der Waals surface area contributed by atoms with Crippen molar-refractivity contribution in [1.82, 2.24) is 15.5 Å². The highest BCUT2D eigenvalue weighted by molar-refractivity contribution is 14.0. The molecule has 0 spiro atoms. The van der Waals surface area contributed by atoms with E-state index >= 15 is 0 Å². The van der Waals surface area contributed by atoms with E-state index in [0.717, 1.165) is 12.5 Å². The molecule has 1 aliphatic heterocycles. The van der Waals surface area contributed by atoms with Crippen LogP contribution >= 0.6 is 24.0 Å². The Labute approximate surface area is 180 Å². The summed E-state index contributed by atoms with van der Waals surface area (Å²) in [6.07, 6.45) is 3.63. The first-order valence-electron chi connectivity index (χ1n) is 10.0. The van der Waals surface area contributed by atoms with Gasteiger partial charge in [0.2, 0.25) is 0 Å². The number of guanidine groups is 1. The van der Waals surface area contributed by atoms with E-state index in [4.69, 9.17) is 4.99 Å². The van der Waals surface area contributed by atoms with Gasteiger partial charge in [0.15, 0.2) is 5.96 Å². The van der Waals surface area contributed by atoms with E-state index in [1.165, 1.54) is 55.2 Å². The molecule has 0 atom stereocenters. The molecule has 27 heavy (non-hydrogen) atoms. The fourth-order valence-electron chi connectivity index (χ4n) is 3.73.